The number of fused-ring (bicyclic) bond motifs is 1. The third-order valence-corrected chi connectivity index (χ3v) is 8.67. The number of hydrogen-bond donors (Lipinski definition) is 1. The third kappa shape index (κ3) is 5.60. The molecule has 0 bridgehead atoms. The number of rotatable bonds is 5. The summed E-state index contributed by atoms with van der Waals surface area (Å²) in [5.74, 6) is -0.0186. The predicted octanol–water partition coefficient (Wildman–Crippen LogP) is 4.67. The summed E-state index contributed by atoms with van der Waals surface area (Å²) < 4.78 is 5.17. The molecule has 0 unspecified atom stereocenters. The fourth-order valence-corrected chi connectivity index (χ4v) is 6.19. The fourth-order valence-electron chi connectivity index (χ4n) is 5.68. The molecule has 2 saturated heterocycles. The zero-order chi connectivity index (χ0) is 28.4. The Labute approximate surface area is 239 Å². The number of nitroso groups, excluding NO2 is 1. The Balaban J connectivity index is 1.07. The number of hydrogen-bond acceptors (Lipinski definition) is 9. The Kier molecular flexibility index (Phi) is 7.31. The highest BCUT2D eigenvalue weighted by molar-refractivity contribution is 7.07. The monoisotopic (exact) mass is 572 g/mol. The van der Waals surface area contributed by atoms with Crippen LogP contribution < -0.4 is 5.32 Å². The van der Waals surface area contributed by atoms with Crippen molar-refractivity contribution in [2.75, 3.05) is 31.5 Å². The van der Waals surface area contributed by atoms with Gasteiger partial charge in [-0.2, -0.15) is 0 Å². The molecular weight excluding hydrogens is 544 g/mol. The van der Waals surface area contributed by atoms with Crippen molar-refractivity contribution < 1.29 is 18.8 Å². The molecule has 3 aromatic rings. The molecule has 3 aromatic heterocycles. The number of anilines is 1. The Morgan fingerprint density at radius 2 is 1.90 bits per heavy atom. The number of likely N-dealkylation sites (tertiary alicyclic amines) is 2. The average Bonchev–Trinajstić information content (AvgIpc) is 3.70. The molecule has 41 heavy (non-hydrogen) atoms. The highest BCUT2D eigenvalue weighted by Gasteiger charge is 2.45. The van der Waals surface area contributed by atoms with E-state index >= 15 is 0 Å². The number of aromatic nitrogens is 2. The van der Waals surface area contributed by atoms with Gasteiger partial charge >= 0.3 is 0 Å². The number of carbonyl (C=O) groups is 3. The summed E-state index contributed by atoms with van der Waals surface area (Å²) in [5, 5.41) is 7.67. The predicted molar refractivity (Wildman–Crippen MR) is 153 cm³/mol. The molecule has 12 heteroatoms. The highest BCUT2D eigenvalue weighted by atomic mass is 32.1. The van der Waals surface area contributed by atoms with Gasteiger partial charge in [-0.3, -0.25) is 14.4 Å². The van der Waals surface area contributed by atoms with Crippen molar-refractivity contribution >= 4 is 52.9 Å². The lowest BCUT2D eigenvalue weighted by atomic mass is 9.71. The highest BCUT2D eigenvalue weighted by Crippen LogP contribution is 2.41. The normalized spacial score (nSPS) is 18.3. The summed E-state index contributed by atoms with van der Waals surface area (Å²) in [5.41, 5.74) is 5.14. The first-order valence-corrected chi connectivity index (χ1v) is 14.4. The molecular formula is C29H28N6O5S. The Bertz CT molecular complexity index is 1540. The average molecular weight is 573 g/mol. The SMILES string of the molecule is O=Nc1ccc(C(=O)N2CCC3(CC2)Cc2cc(/C=C/C(=O)N4CCC(=Cc5cscn5)CC4)cnc2NC3=O)o1. The van der Waals surface area contributed by atoms with E-state index in [1.54, 1.807) is 34.6 Å². The summed E-state index contributed by atoms with van der Waals surface area (Å²) in [6.07, 6.45) is 10.2. The first-order chi connectivity index (χ1) is 19.9. The molecule has 0 aromatic carbocycles. The van der Waals surface area contributed by atoms with Crippen molar-refractivity contribution in [3.8, 4) is 0 Å². The van der Waals surface area contributed by atoms with Crippen LogP contribution in [0.5, 0.6) is 0 Å². The van der Waals surface area contributed by atoms with Gasteiger partial charge in [-0.05, 0) is 67.5 Å². The van der Waals surface area contributed by atoms with Crippen LogP contribution in [0.25, 0.3) is 12.2 Å². The van der Waals surface area contributed by atoms with E-state index < -0.39 is 5.41 Å². The standard InChI is InChI=1S/C29H28N6O5S/c36-25(34-9-5-19(6-10-34)14-22-17-41-18-31-22)4-1-20-13-21-15-29(28(38)32-26(21)30-16-20)7-11-35(12-8-29)27(37)23-2-3-24(33-39)40-23/h1-4,13-14,16-18H,5-12,15H2,(H,30,32,38)/b4-1+. The molecule has 3 aliphatic rings. The smallest absolute Gasteiger partial charge is 0.289 e. The van der Waals surface area contributed by atoms with E-state index in [0.717, 1.165) is 29.7 Å². The van der Waals surface area contributed by atoms with E-state index in [2.05, 4.69) is 26.5 Å². The first-order valence-electron chi connectivity index (χ1n) is 13.5. The molecule has 0 atom stereocenters. The van der Waals surface area contributed by atoms with Gasteiger partial charge in [0.1, 0.15) is 5.82 Å². The van der Waals surface area contributed by atoms with Gasteiger partial charge < -0.3 is 19.5 Å². The summed E-state index contributed by atoms with van der Waals surface area (Å²) in [6, 6.07) is 4.75. The number of amides is 3. The Hall–Kier alpha value is -4.45. The van der Waals surface area contributed by atoms with E-state index in [-0.39, 0.29) is 29.4 Å². The number of furan rings is 1. The topological polar surface area (TPSA) is 138 Å². The molecule has 11 nitrogen and oxygen atoms in total. The summed E-state index contributed by atoms with van der Waals surface area (Å²) in [6.45, 7) is 2.10. The van der Waals surface area contributed by atoms with Crippen molar-refractivity contribution in [2.45, 2.75) is 32.1 Å². The third-order valence-electron chi connectivity index (χ3n) is 8.07. The lowest BCUT2D eigenvalue weighted by Gasteiger charge is -2.42. The minimum atomic E-state index is -0.653. The van der Waals surface area contributed by atoms with Crippen LogP contribution in [-0.4, -0.2) is 63.7 Å². The largest absolute Gasteiger partial charge is 0.430 e. The van der Waals surface area contributed by atoms with Crippen LogP contribution in [0, 0.1) is 10.3 Å². The second kappa shape index (κ2) is 11.2. The van der Waals surface area contributed by atoms with E-state index in [1.165, 1.54) is 17.7 Å². The maximum Gasteiger partial charge on any atom is 0.289 e. The molecule has 1 spiro atoms. The van der Waals surface area contributed by atoms with Gasteiger partial charge in [-0.1, -0.05) is 5.57 Å². The molecule has 2 fully saturated rings. The Morgan fingerprint density at radius 3 is 2.61 bits per heavy atom. The molecule has 6 rings (SSSR count). The van der Waals surface area contributed by atoms with E-state index in [1.807, 2.05) is 21.9 Å². The van der Waals surface area contributed by atoms with Crippen LogP contribution in [0.2, 0.25) is 0 Å². The zero-order valence-corrected chi connectivity index (χ0v) is 23.1. The van der Waals surface area contributed by atoms with Crippen molar-refractivity contribution in [3.05, 3.63) is 74.4 Å². The molecule has 3 aliphatic heterocycles. The number of carbonyl (C=O) groups excluding carboxylic acids is 3. The lowest BCUT2D eigenvalue weighted by molar-refractivity contribution is -0.128. The quantitative estimate of drug-likeness (QED) is 0.346. The second-order valence-corrected chi connectivity index (χ2v) is 11.3. The number of piperidine rings is 2. The number of nitrogens with zero attached hydrogens (tertiary/aromatic N) is 5. The van der Waals surface area contributed by atoms with Gasteiger partial charge in [0.15, 0.2) is 5.76 Å². The van der Waals surface area contributed by atoms with Crippen LogP contribution in [0.4, 0.5) is 11.7 Å². The molecule has 0 radical (unpaired) electrons. The molecule has 0 saturated carbocycles. The lowest BCUT2D eigenvalue weighted by Crippen LogP contribution is -2.51. The summed E-state index contributed by atoms with van der Waals surface area (Å²) in [4.78, 5) is 61.6. The van der Waals surface area contributed by atoms with Crippen LogP contribution >= 0.6 is 11.3 Å². The van der Waals surface area contributed by atoms with Crippen molar-refractivity contribution in [1.29, 1.82) is 0 Å². The maximum absolute atomic E-state index is 13.1. The number of pyridine rings is 1. The minimum Gasteiger partial charge on any atom is -0.430 e. The van der Waals surface area contributed by atoms with Gasteiger partial charge in [0.2, 0.25) is 11.8 Å². The fraction of sp³-hybridized carbons (Fsp3) is 0.345. The molecule has 6 heterocycles. The summed E-state index contributed by atoms with van der Waals surface area (Å²) in [7, 11) is 0. The molecule has 0 aliphatic carbocycles. The van der Waals surface area contributed by atoms with Crippen molar-refractivity contribution in [1.82, 2.24) is 19.8 Å². The minimum absolute atomic E-state index is 0.0372. The van der Waals surface area contributed by atoms with Crippen molar-refractivity contribution in [3.63, 3.8) is 0 Å². The van der Waals surface area contributed by atoms with Crippen LogP contribution in [0.3, 0.4) is 0 Å². The first kappa shape index (κ1) is 26.8. The van der Waals surface area contributed by atoms with E-state index in [0.29, 0.717) is 51.3 Å². The van der Waals surface area contributed by atoms with Crippen LogP contribution in [-0.2, 0) is 16.0 Å². The molecule has 210 valence electrons. The molecule has 3 amide bonds. The van der Waals surface area contributed by atoms with Gasteiger partial charge in [-0.15, -0.1) is 16.2 Å². The van der Waals surface area contributed by atoms with Gasteiger partial charge in [0, 0.05) is 55.1 Å². The maximum atomic E-state index is 13.1. The van der Waals surface area contributed by atoms with E-state index in [9.17, 15) is 19.3 Å². The van der Waals surface area contributed by atoms with Gasteiger partial charge in [-0.25, -0.2) is 9.97 Å². The van der Waals surface area contributed by atoms with Crippen molar-refractivity contribution in [2.24, 2.45) is 10.6 Å². The van der Waals surface area contributed by atoms with Crippen LogP contribution in [0.15, 0.2) is 56.5 Å². The zero-order valence-electron chi connectivity index (χ0n) is 22.2. The van der Waals surface area contributed by atoms with Crippen LogP contribution in [0.1, 0.15) is 53.1 Å². The number of nitrogens with one attached hydrogen (secondary N) is 1. The van der Waals surface area contributed by atoms with Gasteiger partial charge in [0.25, 0.3) is 11.8 Å². The Morgan fingerprint density at radius 1 is 1.10 bits per heavy atom. The van der Waals surface area contributed by atoms with Gasteiger partial charge in [0.05, 0.1) is 16.6 Å². The number of thiazole rings is 1. The molecule has 1 N–H and O–H groups in total. The second-order valence-electron chi connectivity index (χ2n) is 10.6. The summed E-state index contributed by atoms with van der Waals surface area (Å²) >= 11 is 1.57. The van der Waals surface area contributed by atoms with E-state index in [4.69, 9.17) is 4.42 Å².